The number of hydrogen-bond donors (Lipinski definition) is 2. The monoisotopic (exact) mass is 467 g/mol. The second kappa shape index (κ2) is 9.90. The highest BCUT2D eigenvalue weighted by atomic mass is 127. The number of aliphatic imine (C=N–C) groups is 1. The highest BCUT2D eigenvalue weighted by Gasteiger charge is 2.06. The van der Waals surface area contributed by atoms with Gasteiger partial charge in [-0.25, -0.2) is 0 Å². The van der Waals surface area contributed by atoms with Crippen LogP contribution in [-0.4, -0.2) is 32.9 Å². The van der Waals surface area contributed by atoms with Crippen LogP contribution in [-0.2, 0) is 19.6 Å². The average Bonchev–Trinajstić information content (AvgIpc) is 3.28. The zero-order valence-corrected chi connectivity index (χ0v) is 17.0. The van der Waals surface area contributed by atoms with E-state index in [0.717, 1.165) is 6.54 Å². The Morgan fingerprint density at radius 3 is 2.58 bits per heavy atom. The minimum atomic E-state index is 0. The molecule has 0 fully saturated rings. The summed E-state index contributed by atoms with van der Waals surface area (Å²) in [6, 6.07) is 10.2. The van der Waals surface area contributed by atoms with Crippen molar-refractivity contribution in [1.29, 1.82) is 0 Å². The van der Waals surface area contributed by atoms with Gasteiger partial charge in [-0.05, 0) is 24.1 Å². The molecule has 3 rings (SSSR count). The molecule has 0 unspecified atom stereocenters. The Hall–Kier alpha value is -2.43. The van der Waals surface area contributed by atoms with Gasteiger partial charge in [-0.3, -0.25) is 9.67 Å². The van der Waals surface area contributed by atoms with Gasteiger partial charge in [0.25, 0.3) is 0 Å². The van der Waals surface area contributed by atoms with Crippen LogP contribution >= 0.6 is 24.0 Å². The summed E-state index contributed by atoms with van der Waals surface area (Å²) in [4.78, 5) is 8.38. The standard InChI is InChI=1S/C17H21N7O.HI/c1-13-22-16(25-23-13)11-20-17(18-2)19-10-14-6-3-4-7-15(14)12-24-9-5-8-21-24;/h3-9H,10-12H2,1-2H3,(H2,18,19,20);1H. The molecule has 0 aliphatic carbocycles. The first-order chi connectivity index (χ1) is 12.2. The van der Waals surface area contributed by atoms with Gasteiger partial charge in [0, 0.05) is 26.0 Å². The molecule has 3 aromatic rings. The van der Waals surface area contributed by atoms with Crippen molar-refractivity contribution in [3.63, 3.8) is 0 Å². The fourth-order valence-electron chi connectivity index (χ4n) is 2.42. The predicted octanol–water partition coefficient (Wildman–Crippen LogP) is 2.11. The second-order valence-corrected chi connectivity index (χ2v) is 5.49. The molecule has 8 nitrogen and oxygen atoms in total. The van der Waals surface area contributed by atoms with Crippen molar-refractivity contribution in [3.8, 4) is 0 Å². The van der Waals surface area contributed by atoms with Gasteiger partial charge >= 0.3 is 0 Å². The Bertz CT molecular complexity index is 829. The van der Waals surface area contributed by atoms with Crippen molar-refractivity contribution >= 4 is 29.9 Å². The van der Waals surface area contributed by atoms with Crippen molar-refractivity contribution in [2.45, 2.75) is 26.6 Å². The molecule has 1 aromatic carbocycles. The third kappa shape index (κ3) is 5.55. The van der Waals surface area contributed by atoms with Gasteiger partial charge in [0.2, 0.25) is 5.89 Å². The van der Waals surface area contributed by atoms with Crippen molar-refractivity contribution in [1.82, 2.24) is 30.6 Å². The number of nitrogens with one attached hydrogen (secondary N) is 2. The minimum Gasteiger partial charge on any atom is -0.352 e. The van der Waals surface area contributed by atoms with E-state index in [-0.39, 0.29) is 24.0 Å². The summed E-state index contributed by atoms with van der Waals surface area (Å²) >= 11 is 0. The Balaban J connectivity index is 0.00000243. The quantitative estimate of drug-likeness (QED) is 0.328. The molecule has 0 saturated heterocycles. The maximum Gasteiger partial charge on any atom is 0.246 e. The van der Waals surface area contributed by atoms with E-state index in [1.165, 1.54) is 11.1 Å². The van der Waals surface area contributed by atoms with Crippen LogP contribution < -0.4 is 10.6 Å². The number of nitrogens with zero attached hydrogens (tertiary/aromatic N) is 5. The third-order valence-corrected chi connectivity index (χ3v) is 3.66. The molecule has 0 aliphatic rings. The van der Waals surface area contributed by atoms with E-state index < -0.39 is 0 Å². The van der Waals surface area contributed by atoms with E-state index in [1.807, 2.05) is 29.1 Å². The summed E-state index contributed by atoms with van der Waals surface area (Å²) in [5.41, 5.74) is 2.40. The summed E-state index contributed by atoms with van der Waals surface area (Å²) in [7, 11) is 1.73. The number of benzene rings is 1. The fraction of sp³-hybridized carbons (Fsp3) is 0.294. The van der Waals surface area contributed by atoms with E-state index in [2.05, 4.69) is 43.0 Å². The largest absolute Gasteiger partial charge is 0.352 e. The smallest absolute Gasteiger partial charge is 0.246 e. The van der Waals surface area contributed by atoms with Crippen LogP contribution in [0.15, 0.2) is 52.2 Å². The van der Waals surface area contributed by atoms with Crippen LogP contribution in [0.4, 0.5) is 0 Å². The third-order valence-electron chi connectivity index (χ3n) is 3.66. The molecule has 138 valence electrons. The van der Waals surface area contributed by atoms with E-state index in [1.54, 1.807) is 20.2 Å². The molecule has 0 aliphatic heterocycles. The lowest BCUT2D eigenvalue weighted by Crippen LogP contribution is -2.36. The van der Waals surface area contributed by atoms with Gasteiger partial charge in [-0.1, -0.05) is 29.4 Å². The number of rotatable bonds is 6. The van der Waals surface area contributed by atoms with E-state index in [4.69, 9.17) is 4.52 Å². The van der Waals surface area contributed by atoms with Gasteiger partial charge in [0.15, 0.2) is 11.8 Å². The van der Waals surface area contributed by atoms with Crippen molar-refractivity contribution in [3.05, 3.63) is 65.6 Å². The number of hydrogen-bond acceptors (Lipinski definition) is 5. The first kappa shape index (κ1) is 19.9. The van der Waals surface area contributed by atoms with Crippen LogP contribution in [0, 0.1) is 6.92 Å². The normalized spacial score (nSPS) is 11.1. The maximum atomic E-state index is 5.08. The first-order valence-electron chi connectivity index (χ1n) is 8.02. The Morgan fingerprint density at radius 1 is 1.15 bits per heavy atom. The van der Waals surface area contributed by atoms with Gasteiger partial charge in [-0.2, -0.15) is 10.1 Å². The Morgan fingerprint density at radius 2 is 1.92 bits per heavy atom. The number of aromatic nitrogens is 4. The molecule has 0 bridgehead atoms. The summed E-state index contributed by atoms with van der Waals surface area (Å²) in [6.07, 6.45) is 3.74. The Labute approximate surface area is 169 Å². The average molecular weight is 467 g/mol. The van der Waals surface area contributed by atoms with Crippen LogP contribution in [0.3, 0.4) is 0 Å². The second-order valence-electron chi connectivity index (χ2n) is 5.49. The molecular weight excluding hydrogens is 445 g/mol. The molecule has 0 spiro atoms. The molecule has 2 aromatic heterocycles. The van der Waals surface area contributed by atoms with Crippen molar-refractivity contribution < 1.29 is 4.52 Å². The van der Waals surface area contributed by atoms with E-state index >= 15 is 0 Å². The molecule has 0 radical (unpaired) electrons. The Kier molecular flexibility index (Phi) is 7.57. The van der Waals surface area contributed by atoms with Gasteiger partial charge in [0.1, 0.15) is 0 Å². The number of aryl methyl sites for hydroxylation is 1. The lowest BCUT2D eigenvalue weighted by atomic mass is 10.1. The van der Waals surface area contributed by atoms with Crippen molar-refractivity contribution in [2.75, 3.05) is 7.05 Å². The molecule has 0 saturated carbocycles. The molecule has 2 N–H and O–H groups in total. The highest BCUT2D eigenvalue weighted by molar-refractivity contribution is 14.0. The number of halogens is 1. The maximum absolute atomic E-state index is 5.08. The van der Waals surface area contributed by atoms with Crippen LogP contribution in [0.2, 0.25) is 0 Å². The lowest BCUT2D eigenvalue weighted by molar-refractivity contribution is 0.371. The molecule has 9 heteroatoms. The number of guanidine groups is 1. The predicted molar refractivity (Wildman–Crippen MR) is 109 cm³/mol. The molecule has 2 heterocycles. The highest BCUT2D eigenvalue weighted by Crippen LogP contribution is 2.10. The summed E-state index contributed by atoms with van der Waals surface area (Å²) in [5.74, 6) is 1.82. The fourth-order valence-corrected chi connectivity index (χ4v) is 2.42. The van der Waals surface area contributed by atoms with E-state index in [9.17, 15) is 0 Å². The van der Waals surface area contributed by atoms with Crippen LogP contribution in [0.1, 0.15) is 22.8 Å². The summed E-state index contributed by atoms with van der Waals surface area (Å²) < 4.78 is 6.99. The van der Waals surface area contributed by atoms with Gasteiger partial charge < -0.3 is 15.2 Å². The first-order valence-corrected chi connectivity index (χ1v) is 8.02. The lowest BCUT2D eigenvalue weighted by Gasteiger charge is -2.13. The van der Waals surface area contributed by atoms with Gasteiger partial charge in [0.05, 0.1) is 13.1 Å². The molecular formula is C17H22IN7O. The van der Waals surface area contributed by atoms with Crippen LogP contribution in [0.25, 0.3) is 0 Å². The van der Waals surface area contributed by atoms with Crippen LogP contribution in [0.5, 0.6) is 0 Å². The zero-order chi connectivity index (χ0) is 17.5. The summed E-state index contributed by atoms with van der Waals surface area (Å²) in [5, 5.41) is 14.5. The zero-order valence-electron chi connectivity index (χ0n) is 14.7. The van der Waals surface area contributed by atoms with Crippen molar-refractivity contribution in [2.24, 2.45) is 4.99 Å². The SMILES string of the molecule is CN=C(NCc1nc(C)no1)NCc1ccccc1Cn1cccn1.I. The summed E-state index contributed by atoms with van der Waals surface area (Å²) in [6.45, 7) is 3.60. The molecule has 0 amide bonds. The molecule has 26 heavy (non-hydrogen) atoms. The molecule has 0 atom stereocenters. The minimum absolute atomic E-state index is 0. The topological polar surface area (TPSA) is 93.2 Å². The van der Waals surface area contributed by atoms with Gasteiger partial charge in [-0.15, -0.1) is 24.0 Å². The van der Waals surface area contributed by atoms with E-state index in [0.29, 0.717) is 30.8 Å².